The summed E-state index contributed by atoms with van der Waals surface area (Å²) in [6.07, 6.45) is 3.22. The highest BCUT2D eigenvalue weighted by molar-refractivity contribution is 6.36. The Morgan fingerprint density at radius 2 is 1.68 bits per heavy atom. The van der Waals surface area contributed by atoms with Crippen LogP contribution in [0.3, 0.4) is 0 Å². The van der Waals surface area contributed by atoms with Crippen molar-refractivity contribution in [1.29, 1.82) is 0 Å². The second-order valence-electron chi connectivity index (χ2n) is 8.95. The van der Waals surface area contributed by atoms with Gasteiger partial charge in [0.1, 0.15) is 0 Å². The highest BCUT2D eigenvalue weighted by Gasteiger charge is 2.57. The Morgan fingerprint density at radius 3 is 2.24 bits per heavy atom. The molecule has 25 heavy (non-hydrogen) atoms. The van der Waals surface area contributed by atoms with Gasteiger partial charge in [-0.1, -0.05) is 41.0 Å². The maximum absolute atomic E-state index is 13.3. The van der Waals surface area contributed by atoms with Gasteiger partial charge in [0.25, 0.3) is 0 Å². The highest BCUT2D eigenvalue weighted by Crippen LogP contribution is 2.60. The minimum atomic E-state index is -0.440. The first kappa shape index (κ1) is 18.1. The number of hydrogen-bond acceptors (Lipinski definition) is 4. The van der Waals surface area contributed by atoms with Gasteiger partial charge in [-0.2, -0.15) is 0 Å². The van der Waals surface area contributed by atoms with E-state index in [1.165, 1.54) is 7.11 Å². The molecule has 0 aromatic heterocycles. The number of Topliss-reactive ketones (excluding diaryl/α,β-unsaturated/α-hetero) is 3. The number of fused-ring (bicyclic) bond motifs is 2. The smallest absolute Gasteiger partial charge is 0.225 e. The molecule has 4 heteroatoms. The van der Waals surface area contributed by atoms with Crippen LogP contribution in [0.4, 0.5) is 0 Å². The third-order valence-electron chi connectivity index (χ3n) is 6.65. The highest BCUT2D eigenvalue weighted by atomic mass is 16.5. The van der Waals surface area contributed by atoms with Crippen molar-refractivity contribution in [2.45, 2.75) is 60.3 Å². The number of ether oxygens (including phenoxy) is 1. The third-order valence-corrected chi connectivity index (χ3v) is 6.65. The Hall–Kier alpha value is -1.71. The average Bonchev–Trinajstić information content (AvgIpc) is 2.50. The number of carbonyl (C=O) groups excluding carboxylic acids is 3. The Bertz CT molecular complexity index is 735. The largest absolute Gasteiger partial charge is 0.492 e. The number of carbonyl (C=O) groups is 3. The summed E-state index contributed by atoms with van der Waals surface area (Å²) in [5, 5.41) is 0. The lowest BCUT2D eigenvalue weighted by Crippen LogP contribution is -2.51. The van der Waals surface area contributed by atoms with E-state index in [1.807, 2.05) is 13.8 Å². The van der Waals surface area contributed by atoms with E-state index in [-0.39, 0.29) is 45.9 Å². The number of methoxy groups -OCH3 is 1. The van der Waals surface area contributed by atoms with Crippen LogP contribution in [0, 0.1) is 22.7 Å². The molecule has 0 N–H and O–H groups in total. The van der Waals surface area contributed by atoms with Crippen LogP contribution in [0.25, 0.3) is 0 Å². The Morgan fingerprint density at radius 1 is 1.04 bits per heavy atom. The van der Waals surface area contributed by atoms with E-state index in [1.54, 1.807) is 0 Å². The SMILES string of the molecule is COC1=C(C(C)C)C(=O)C2=C(C1=O)[C@@]1(C)CCCC(C)(C)[C@@H]1CC2=O. The van der Waals surface area contributed by atoms with Crippen molar-refractivity contribution in [3.8, 4) is 0 Å². The molecule has 3 aliphatic rings. The normalized spacial score (nSPS) is 32.1. The molecule has 0 radical (unpaired) electrons. The molecule has 3 aliphatic carbocycles. The van der Waals surface area contributed by atoms with Gasteiger partial charge in [-0.3, -0.25) is 14.4 Å². The van der Waals surface area contributed by atoms with E-state index in [2.05, 4.69) is 20.8 Å². The minimum absolute atomic E-state index is 0.0280. The second-order valence-corrected chi connectivity index (χ2v) is 8.95. The molecule has 136 valence electrons. The summed E-state index contributed by atoms with van der Waals surface area (Å²) in [7, 11) is 1.43. The van der Waals surface area contributed by atoms with Crippen molar-refractivity contribution in [2.24, 2.45) is 22.7 Å². The standard InChI is InChI=1S/C21H28O4/c1-11(2)14-17(23)15-12(22)10-13-20(3,4)8-7-9-21(13,5)16(15)18(24)19(14)25-6/h11,13H,7-10H2,1-6H3/t13-,21-/m0/s1. The van der Waals surface area contributed by atoms with Crippen LogP contribution >= 0.6 is 0 Å². The van der Waals surface area contributed by atoms with Gasteiger partial charge in [0, 0.05) is 23.0 Å². The van der Waals surface area contributed by atoms with Crippen LogP contribution < -0.4 is 0 Å². The molecule has 1 fully saturated rings. The van der Waals surface area contributed by atoms with Gasteiger partial charge in [-0.15, -0.1) is 0 Å². The van der Waals surface area contributed by atoms with Crippen molar-refractivity contribution < 1.29 is 19.1 Å². The molecule has 0 unspecified atom stereocenters. The fourth-order valence-electron chi connectivity index (χ4n) is 5.45. The molecule has 2 atom stereocenters. The Labute approximate surface area is 149 Å². The molecule has 0 aliphatic heterocycles. The summed E-state index contributed by atoms with van der Waals surface area (Å²) in [4.78, 5) is 39.4. The lowest BCUT2D eigenvalue weighted by molar-refractivity contribution is -0.130. The monoisotopic (exact) mass is 344 g/mol. The van der Waals surface area contributed by atoms with Crippen molar-refractivity contribution >= 4 is 17.3 Å². The van der Waals surface area contributed by atoms with Crippen molar-refractivity contribution in [3.05, 3.63) is 22.5 Å². The molecule has 4 nitrogen and oxygen atoms in total. The lowest BCUT2D eigenvalue weighted by Gasteiger charge is -2.54. The van der Waals surface area contributed by atoms with Crippen molar-refractivity contribution in [2.75, 3.05) is 7.11 Å². The molecule has 0 bridgehead atoms. The van der Waals surface area contributed by atoms with Gasteiger partial charge in [0.05, 0.1) is 12.7 Å². The number of ketones is 3. The van der Waals surface area contributed by atoms with E-state index in [0.717, 1.165) is 19.3 Å². The summed E-state index contributed by atoms with van der Waals surface area (Å²) < 4.78 is 5.37. The fourth-order valence-corrected chi connectivity index (χ4v) is 5.45. The topological polar surface area (TPSA) is 60.4 Å². The average molecular weight is 344 g/mol. The fraction of sp³-hybridized carbons (Fsp3) is 0.667. The maximum Gasteiger partial charge on any atom is 0.225 e. The quantitative estimate of drug-likeness (QED) is 0.565. The number of allylic oxidation sites excluding steroid dienone is 3. The van der Waals surface area contributed by atoms with E-state index in [4.69, 9.17) is 4.74 Å². The van der Waals surface area contributed by atoms with Crippen LogP contribution in [-0.2, 0) is 19.1 Å². The maximum atomic E-state index is 13.3. The number of rotatable bonds is 2. The molecule has 0 heterocycles. The van der Waals surface area contributed by atoms with Crippen LogP contribution in [0.1, 0.15) is 60.3 Å². The predicted molar refractivity (Wildman–Crippen MR) is 94.8 cm³/mol. The van der Waals surface area contributed by atoms with E-state index >= 15 is 0 Å². The summed E-state index contributed by atoms with van der Waals surface area (Å²) in [5.74, 6) is -0.665. The summed E-state index contributed by atoms with van der Waals surface area (Å²) in [6.45, 7) is 10.1. The second kappa shape index (κ2) is 5.65. The van der Waals surface area contributed by atoms with Gasteiger partial charge >= 0.3 is 0 Å². The molecule has 1 saturated carbocycles. The lowest BCUT2D eigenvalue weighted by atomic mass is 9.48. The van der Waals surface area contributed by atoms with Gasteiger partial charge in [-0.05, 0) is 30.1 Å². The molecular weight excluding hydrogens is 316 g/mol. The number of hydrogen-bond donors (Lipinski definition) is 0. The van der Waals surface area contributed by atoms with E-state index in [0.29, 0.717) is 17.6 Å². The zero-order valence-electron chi connectivity index (χ0n) is 16.1. The van der Waals surface area contributed by atoms with Crippen LogP contribution in [-0.4, -0.2) is 24.5 Å². The van der Waals surface area contributed by atoms with Gasteiger partial charge < -0.3 is 4.74 Å². The zero-order chi connectivity index (χ0) is 18.7. The van der Waals surface area contributed by atoms with Crippen LogP contribution in [0.5, 0.6) is 0 Å². The first-order chi connectivity index (χ1) is 11.6. The van der Waals surface area contributed by atoms with Gasteiger partial charge in [-0.25, -0.2) is 0 Å². The van der Waals surface area contributed by atoms with Crippen molar-refractivity contribution in [1.82, 2.24) is 0 Å². The third kappa shape index (κ3) is 2.37. The van der Waals surface area contributed by atoms with Crippen molar-refractivity contribution in [3.63, 3.8) is 0 Å². The Kier molecular flexibility index (Phi) is 4.09. The molecule has 0 spiro atoms. The first-order valence-corrected chi connectivity index (χ1v) is 9.21. The molecule has 0 saturated heterocycles. The predicted octanol–water partition coefficient (Wildman–Crippen LogP) is 3.80. The summed E-state index contributed by atoms with van der Waals surface area (Å²) in [5.41, 5.74) is 0.444. The molecule has 0 aromatic rings. The van der Waals surface area contributed by atoms with E-state index < -0.39 is 5.41 Å². The Balaban J connectivity index is 2.25. The minimum Gasteiger partial charge on any atom is -0.492 e. The summed E-state index contributed by atoms with van der Waals surface area (Å²) in [6, 6.07) is 0. The molecule has 0 aromatic carbocycles. The van der Waals surface area contributed by atoms with E-state index in [9.17, 15) is 14.4 Å². The first-order valence-electron chi connectivity index (χ1n) is 9.21. The molecule has 0 amide bonds. The van der Waals surface area contributed by atoms with Gasteiger partial charge in [0.15, 0.2) is 17.3 Å². The molecule has 3 rings (SSSR count). The molecular formula is C21H28O4. The summed E-state index contributed by atoms with van der Waals surface area (Å²) >= 11 is 0. The zero-order valence-corrected chi connectivity index (χ0v) is 16.1. The van der Waals surface area contributed by atoms with Crippen LogP contribution in [0.15, 0.2) is 22.5 Å². The van der Waals surface area contributed by atoms with Crippen LogP contribution in [0.2, 0.25) is 0 Å². The van der Waals surface area contributed by atoms with Gasteiger partial charge in [0.2, 0.25) is 5.78 Å².